The van der Waals surface area contributed by atoms with Crippen molar-refractivity contribution in [1.82, 2.24) is 0 Å². The topological polar surface area (TPSA) is 63.3 Å². The summed E-state index contributed by atoms with van der Waals surface area (Å²) < 4.78 is 0. The summed E-state index contributed by atoms with van der Waals surface area (Å²) in [5.41, 5.74) is 5.21. The molecule has 0 aliphatic heterocycles. The second-order valence-corrected chi connectivity index (χ2v) is 6.88. The van der Waals surface area contributed by atoms with Gasteiger partial charge in [0.1, 0.15) is 0 Å². The lowest BCUT2D eigenvalue weighted by atomic mass is 10.0. The molecule has 0 atom stereocenters. The van der Waals surface area contributed by atoms with Gasteiger partial charge in [0.15, 0.2) is 0 Å². The van der Waals surface area contributed by atoms with Crippen molar-refractivity contribution in [2.24, 2.45) is 5.73 Å². The lowest BCUT2D eigenvalue weighted by molar-refractivity contribution is -0.137. The second-order valence-electron chi connectivity index (χ2n) is 6.88. The van der Waals surface area contributed by atoms with Crippen LogP contribution in [0, 0.1) is 0 Å². The number of carboxylic acid groups (broad SMARTS) is 1. The van der Waals surface area contributed by atoms with Crippen LogP contribution >= 0.6 is 0 Å². The fraction of sp³-hybridized carbons (Fsp3) is 0.952. The lowest BCUT2D eigenvalue weighted by Gasteiger charge is -2.02. The molecule has 0 unspecified atom stereocenters. The molecule has 24 heavy (non-hydrogen) atoms. The van der Waals surface area contributed by atoms with Gasteiger partial charge in [-0.25, -0.2) is 0 Å². The van der Waals surface area contributed by atoms with Gasteiger partial charge in [0.25, 0.3) is 0 Å². The molecular weight excluding hydrogens is 298 g/mol. The normalized spacial score (nSPS) is 10.3. The molecule has 3 nitrogen and oxygen atoms in total. The molecule has 0 heterocycles. The molecule has 0 radical (unpaired) electrons. The molecule has 0 aromatic carbocycles. The largest absolute Gasteiger partial charge is 0.481 e. The molecule has 0 aliphatic carbocycles. The van der Waals surface area contributed by atoms with Gasteiger partial charge in [0.2, 0.25) is 0 Å². The molecule has 0 aromatic heterocycles. The minimum Gasteiger partial charge on any atom is -0.481 e. The Labute approximate surface area is 151 Å². The SMILES string of the molecule is CCCCCCCCCCCCCCCC(=O)O.CCCCCN. The van der Waals surface area contributed by atoms with Crippen molar-refractivity contribution in [2.45, 2.75) is 123 Å². The summed E-state index contributed by atoms with van der Waals surface area (Å²) in [6, 6.07) is 0. The number of nitrogens with two attached hydrogens (primary N) is 1. The highest BCUT2D eigenvalue weighted by atomic mass is 16.4. The fourth-order valence-electron chi connectivity index (χ4n) is 2.69. The van der Waals surface area contributed by atoms with Crippen LogP contribution in [0.25, 0.3) is 0 Å². The van der Waals surface area contributed by atoms with Crippen LogP contribution in [0.1, 0.15) is 123 Å². The molecule has 0 rings (SSSR count). The van der Waals surface area contributed by atoms with Crippen LogP contribution in [0.5, 0.6) is 0 Å². The van der Waals surface area contributed by atoms with E-state index >= 15 is 0 Å². The van der Waals surface area contributed by atoms with E-state index in [0.717, 1.165) is 19.4 Å². The third-order valence-corrected chi connectivity index (χ3v) is 4.30. The third kappa shape index (κ3) is 29.4. The summed E-state index contributed by atoms with van der Waals surface area (Å²) in [6.45, 7) is 5.29. The minimum atomic E-state index is -0.655. The zero-order valence-corrected chi connectivity index (χ0v) is 16.7. The molecule has 0 amide bonds. The highest BCUT2D eigenvalue weighted by Gasteiger charge is 1.96. The summed E-state index contributed by atoms with van der Waals surface area (Å²) >= 11 is 0. The molecule has 0 spiro atoms. The van der Waals surface area contributed by atoms with Gasteiger partial charge in [0.05, 0.1) is 0 Å². The van der Waals surface area contributed by atoms with E-state index in [-0.39, 0.29) is 0 Å². The number of carboxylic acids is 1. The Balaban J connectivity index is 0. The van der Waals surface area contributed by atoms with Crippen LogP contribution in [-0.2, 0) is 4.79 Å². The first-order valence-corrected chi connectivity index (χ1v) is 10.6. The molecule has 0 saturated heterocycles. The first-order valence-electron chi connectivity index (χ1n) is 10.6. The molecule has 3 N–H and O–H groups in total. The summed E-state index contributed by atoms with van der Waals surface area (Å²) in [5.74, 6) is -0.655. The summed E-state index contributed by atoms with van der Waals surface area (Å²) in [5, 5.41) is 8.49. The summed E-state index contributed by atoms with van der Waals surface area (Å²) in [4.78, 5) is 10.3. The number of carbonyl (C=O) groups is 1. The van der Waals surface area contributed by atoms with Crippen molar-refractivity contribution in [3.05, 3.63) is 0 Å². The maximum Gasteiger partial charge on any atom is 0.303 e. The fourth-order valence-corrected chi connectivity index (χ4v) is 2.69. The van der Waals surface area contributed by atoms with Crippen LogP contribution in [0.15, 0.2) is 0 Å². The first-order chi connectivity index (χ1) is 11.7. The zero-order valence-electron chi connectivity index (χ0n) is 16.7. The van der Waals surface area contributed by atoms with Gasteiger partial charge in [-0.15, -0.1) is 0 Å². The van der Waals surface area contributed by atoms with Gasteiger partial charge >= 0.3 is 5.97 Å². The average molecular weight is 344 g/mol. The van der Waals surface area contributed by atoms with E-state index in [1.54, 1.807) is 0 Å². The minimum absolute atomic E-state index is 0.345. The van der Waals surface area contributed by atoms with E-state index in [2.05, 4.69) is 13.8 Å². The first kappa shape index (κ1) is 25.7. The van der Waals surface area contributed by atoms with Crippen molar-refractivity contribution in [2.75, 3.05) is 6.54 Å². The smallest absolute Gasteiger partial charge is 0.303 e. The molecular formula is C21H45NO2. The summed E-state index contributed by atoms with van der Waals surface area (Å²) in [6.07, 6.45) is 21.0. The molecule has 146 valence electrons. The molecule has 3 heteroatoms. The van der Waals surface area contributed by atoms with Gasteiger partial charge in [-0.05, 0) is 19.4 Å². The van der Waals surface area contributed by atoms with Gasteiger partial charge < -0.3 is 10.8 Å². The van der Waals surface area contributed by atoms with Crippen molar-refractivity contribution in [3.63, 3.8) is 0 Å². The highest BCUT2D eigenvalue weighted by Crippen LogP contribution is 2.12. The Bertz CT molecular complexity index is 228. The van der Waals surface area contributed by atoms with Crippen LogP contribution < -0.4 is 5.73 Å². The third-order valence-electron chi connectivity index (χ3n) is 4.30. The van der Waals surface area contributed by atoms with Crippen LogP contribution in [0.2, 0.25) is 0 Å². The molecule has 0 aromatic rings. The van der Waals surface area contributed by atoms with Crippen LogP contribution in [-0.4, -0.2) is 17.6 Å². The monoisotopic (exact) mass is 343 g/mol. The zero-order chi connectivity index (χ0) is 18.3. The van der Waals surface area contributed by atoms with Crippen molar-refractivity contribution >= 4 is 5.97 Å². The van der Waals surface area contributed by atoms with E-state index in [4.69, 9.17) is 10.8 Å². The van der Waals surface area contributed by atoms with E-state index < -0.39 is 5.97 Å². The highest BCUT2D eigenvalue weighted by molar-refractivity contribution is 5.66. The summed E-state index contributed by atoms with van der Waals surface area (Å²) in [7, 11) is 0. The molecule has 0 aliphatic rings. The standard InChI is InChI=1S/C16H32O2.C5H13N/c1-2-3-4-5-6-7-8-9-10-11-12-13-14-15-16(17)18;1-2-3-4-5-6/h2-15H2,1H3,(H,17,18);2-6H2,1H3. The van der Waals surface area contributed by atoms with Crippen molar-refractivity contribution < 1.29 is 9.90 Å². The van der Waals surface area contributed by atoms with Gasteiger partial charge in [-0.3, -0.25) is 4.79 Å². The Hall–Kier alpha value is -0.570. The number of hydrogen-bond acceptors (Lipinski definition) is 2. The number of rotatable bonds is 17. The van der Waals surface area contributed by atoms with Crippen LogP contribution in [0.3, 0.4) is 0 Å². The number of hydrogen-bond donors (Lipinski definition) is 2. The molecule has 0 saturated carbocycles. The van der Waals surface area contributed by atoms with E-state index in [0.29, 0.717) is 6.42 Å². The predicted octanol–water partition coefficient (Wildman–Crippen LogP) is 6.69. The Morgan fingerprint density at radius 3 is 1.25 bits per heavy atom. The quantitative estimate of drug-likeness (QED) is 0.289. The Morgan fingerprint density at radius 1 is 0.625 bits per heavy atom. The molecule has 0 bridgehead atoms. The van der Waals surface area contributed by atoms with Crippen molar-refractivity contribution in [3.8, 4) is 0 Å². The van der Waals surface area contributed by atoms with E-state index in [1.165, 1.54) is 89.9 Å². The second kappa shape index (κ2) is 24.7. The van der Waals surface area contributed by atoms with Crippen LogP contribution in [0.4, 0.5) is 0 Å². The Morgan fingerprint density at radius 2 is 0.958 bits per heavy atom. The average Bonchev–Trinajstić information content (AvgIpc) is 2.57. The van der Waals surface area contributed by atoms with Crippen molar-refractivity contribution in [1.29, 1.82) is 0 Å². The number of unbranched alkanes of at least 4 members (excludes halogenated alkanes) is 14. The van der Waals surface area contributed by atoms with Gasteiger partial charge in [-0.1, -0.05) is 104 Å². The van der Waals surface area contributed by atoms with E-state index in [9.17, 15) is 4.79 Å². The van der Waals surface area contributed by atoms with E-state index in [1.807, 2.05) is 0 Å². The predicted molar refractivity (Wildman–Crippen MR) is 107 cm³/mol. The maximum atomic E-state index is 10.3. The lowest BCUT2D eigenvalue weighted by Crippen LogP contribution is -1.96. The van der Waals surface area contributed by atoms with Gasteiger partial charge in [-0.2, -0.15) is 0 Å². The van der Waals surface area contributed by atoms with Gasteiger partial charge in [0, 0.05) is 6.42 Å². The maximum absolute atomic E-state index is 10.3. The number of aliphatic carboxylic acids is 1. The Kier molecular flexibility index (Phi) is 26.4. The molecule has 0 fully saturated rings.